The van der Waals surface area contributed by atoms with Crippen LogP contribution in [0.2, 0.25) is 0 Å². The molecule has 0 bridgehead atoms. The summed E-state index contributed by atoms with van der Waals surface area (Å²) in [5, 5.41) is 6.27. The van der Waals surface area contributed by atoms with Gasteiger partial charge in [0.1, 0.15) is 5.82 Å². The molecule has 0 amide bonds. The number of rotatable bonds is 2. The summed E-state index contributed by atoms with van der Waals surface area (Å²) in [6.45, 7) is 0. The van der Waals surface area contributed by atoms with Crippen LogP contribution in [0.5, 0.6) is 0 Å². The number of thiocarbonyl (C=S) groups is 1. The van der Waals surface area contributed by atoms with E-state index < -0.39 is 11.6 Å². The second-order valence-corrected chi connectivity index (χ2v) is 5.59. The minimum Gasteiger partial charge on any atom is -0.360 e. The van der Waals surface area contributed by atoms with Crippen LogP contribution in [-0.4, -0.2) is 11.2 Å². The average Bonchev–Trinajstić information content (AvgIpc) is 2.76. The Hall–Kier alpha value is -0.750. The highest BCUT2D eigenvalue weighted by atomic mass is 79.9. The van der Waals surface area contributed by atoms with Crippen molar-refractivity contribution in [1.82, 2.24) is 5.32 Å². The Morgan fingerprint density at radius 2 is 1.94 bits per heavy atom. The summed E-state index contributed by atoms with van der Waals surface area (Å²) in [7, 11) is 0. The molecule has 18 heavy (non-hydrogen) atoms. The Bertz CT molecular complexity index is 438. The standard InChI is InChI=1S/C12H13BrF2N2S/c13-9-5-7(14)6-10(15)11(9)17-12(18)16-8-3-1-2-4-8/h5-6,8H,1-4H2,(H2,16,17,18). The third-order valence-corrected chi connectivity index (χ3v) is 3.78. The molecule has 1 saturated carbocycles. The minimum atomic E-state index is -0.669. The molecule has 1 aliphatic carbocycles. The number of benzene rings is 1. The average molecular weight is 335 g/mol. The first-order valence-electron chi connectivity index (χ1n) is 5.78. The van der Waals surface area contributed by atoms with Gasteiger partial charge >= 0.3 is 0 Å². The van der Waals surface area contributed by atoms with Crippen LogP contribution in [0.4, 0.5) is 14.5 Å². The predicted molar refractivity (Wildman–Crippen MR) is 75.7 cm³/mol. The molecule has 0 saturated heterocycles. The Labute approximate surface area is 118 Å². The van der Waals surface area contributed by atoms with Crippen molar-refractivity contribution in [3.05, 3.63) is 28.2 Å². The molecule has 1 fully saturated rings. The van der Waals surface area contributed by atoms with Gasteiger partial charge in [0, 0.05) is 16.6 Å². The summed E-state index contributed by atoms with van der Waals surface area (Å²) >= 11 is 8.23. The molecule has 0 aliphatic heterocycles. The van der Waals surface area contributed by atoms with E-state index in [1.165, 1.54) is 18.9 Å². The summed E-state index contributed by atoms with van der Waals surface area (Å²) in [6.07, 6.45) is 4.54. The minimum absolute atomic E-state index is 0.159. The maximum Gasteiger partial charge on any atom is 0.171 e. The lowest BCUT2D eigenvalue weighted by Gasteiger charge is -2.16. The molecule has 0 unspecified atom stereocenters. The first-order valence-corrected chi connectivity index (χ1v) is 6.98. The summed E-state index contributed by atoms with van der Waals surface area (Å²) in [4.78, 5) is 0. The van der Waals surface area contributed by atoms with Gasteiger partial charge in [0.05, 0.1) is 5.69 Å². The van der Waals surface area contributed by atoms with Gasteiger partial charge in [-0.25, -0.2) is 8.78 Å². The number of hydrogen-bond donors (Lipinski definition) is 2. The maximum atomic E-state index is 13.6. The molecule has 2 rings (SSSR count). The van der Waals surface area contributed by atoms with Crippen molar-refractivity contribution in [3.8, 4) is 0 Å². The molecule has 98 valence electrons. The fourth-order valence-electron chi connectivity index (χ4n) is 2.07. The summed E-state index contributed by atoms with van der Waals surface area (Å²) < 4.78 is 26.8. The molecule has 0 radical (unpaired) electrons. The van der Waals surface area contributed by atoms with E-state index in [4.69, 9.17) is 12.2 Å². The topological polar surface area (TPSA) is 24.1 Å². The van der Waals surface area contributed by atoms with Gasteiger partial charge in [-0.15, -0.1) is 0 Å². The smallest absolute Gasteiger partial charge is 0.171 e. The Morgan fingerprint density at radius 1 is 1.28 bits per heavy atom. The fraction of sp³-hybridized carbons (Fsp3) is 0.417. The normalized spacial score (nSPS) is 15.7. The van der Waals surface area contributed by atoms with E-state index in [1.54, 1.807) is 0 Å². The zero-order valence-electron chi connectivity index (χ0n) is 9.60. The van der Waals surface area contributed by atoms with Gasteiger partial charge in [-0.3, -0.25) is 0 Å². The molecule has 1 aliphatic rings. The molecule has 6 heteroatoms. The van der Waals surface area contributed by atoms with Crippen LogP contribution in [0.3, 0.4) is 0 Å². The number of nitrogens with one attached hydrogen (secondary N) is 2. The van der Waals surface area contributed by atoms with Crippen LogP contribution in [0, 0.1) is 11.6 Å². The summed E-state index contributed by atoms with van der Waals surface area (Å²) in [5.41, 5.74) is 0.159. The molecule has 0 aromatic heterocycles. The van der Waals surface area contributed by atoms with E-state index in [0.29, 0.717) is 15.6 Å². The maximum absolute atomic E-state index is 13.6. The van der Waals surface area contributed by atoms with Gasteiger partial charge in [-0.05, 0) is 47.1 Å². The predicted octanol–water partition coefficient (Wildman–Crippen LogP) is 3.96. The highest BCUT2D eigenvalue weighted by Gasteiger charge is 2.17. The largest absolute Gasteiger partial charge is 0.360 e. The summed E-state index contributed by atoms with van der Waals surface area (Å²) in [6, 6.07) is 2.38. The molecule has 0 heterocycles. The van der Waals surface area contributed by atoms with Crippen molar-refractivity contribution in [2.24, 2.45) is 0 Å². The zero-order valence-corrected chi connectivity index (χ0v) is 12.0. The van der Waals surface area contributed by atoms with Gasteiger partial charge in [0.15, 0.2) is 10.9 Å². The van der Waals surface area contributed by atoms with Gasteiger partial charge in [-0.1, -0.05) is 12.8 Å². The number of halogens is 3. The lowest BCUT2D eigenvalue weighted by atomic mass is 10.2. The highest BCUT2D eigenvalue weighted by molar-refractivity contribution is 9.10. The fourth-order valence-corrected chi connectivity index (χ4v) is 2.84. The molecule has 2 N–H and O–H groups in total. The van der Waals surface area contributed by atoms with Gasteiger partial charge in [-0.2, -0.15) is 0 Å². The molecule has 1 aromatic carbocycles. The molecule has 2 nitrogen and oxygen atoms in total. The van der Waals surface area contributed by atoms with E-state index in [1.807, 2.05) is 0 Å². The summed E-state index contributed by atoms with van der Waals surface area (Å²) in [5.74, 6) is -1.29. The van der Waals surface area contributed by atoms with E-state index in [9.17, 15) is 8.78 Å². The Morgan fingerprint density at radius 3 is 2.56 bits per heavy atom. The lowest BCUT2D eigenvalue weighted by Crippen LogP contribution is -2.36. The van der Waals surface area contributed by atoms with Crippen LogP contribution in [0.1, 0.15) is 25.7 Å². The third-order valence-electron chi connectivity index (χ3n) is 2.94. The highest BCUT2D eigenvalue weighted by Crippen LogP contribution is 2.27. The zero-order chi connectivity index (χ0) is 13.1. The number of hydrogen-bond acceptors (Lipinski definition) is 1. The van der Waals surface area contributed by atoms with Gasteiger partial charge < -0.3 is 10.6 Å². The molecular weight excluding hydrogens is 322 g/mol. The van der Waals surface area contributed by atoms with Crippen molar-refractivity contribution in [2.75, 3.05) is 5.32 Å². The molecule has 1 aromatic rings. The first kappa shape index (κ1) is 13.7. The van der Waals surface area contributed by atoms with Gasteiger partial charge in [0.25, 0.3) is 0 Å². The van der Waals surface area contributed by atoms with Crippen molar-refractivity contribution >= 4 is 38.9 Å². The molecule has 0 atom stereocenters. The third kappa shape index (κ3) is 3.38. The first-order chi connectivity index (χ1) is 8.56. The van der Waals surface area contributed by atoms with E-state index in [-0.39, 0.29) is 5.69 Å². The van der Waals surface area contributed by atoms with E-state index >= 15 is 0 Å². The van der Waals surface area contributed by atoms with Crippen molar-refractivity contribution < 1.29 is 8.78 Å². The second-order valence-electron chi connectivity index (χ2n) is 4.32. The van der Waals surface area contributed by atoms with Crippen LogP contribution in [-0.2, 0) is 0 Å². The van der Waals surface area contributed by atoms with Crippen molar-refractivity contribution in [3.63, 3.8) is 0 Å². The quantitative estimate of drug-likeness (QED) is 0.800. The lowest BCUT2D eigenvalue weighted by molar-refractivity contribution is 0.584. The van der Waals surface area contributed by atoms with Crippen LogP contribution < -0.4 is 10.6 Å². The van der Waals surface area contributed by atoms with E-state index in [2.05, 4.69) is 26.6 Å². The van der Waals surface area contributed by atoms with Crippen LogP contribution in [0.15, 0.2) is 16.6 Å². The van der Waals surface area contributed by atoms with Crippen molar-refractivity contribution in [2.45, 2.75) is 31.7 Å². The van der Waals surface area contributed by atoms with Crippen molar-refractivity contribution in [1.29, 1.82) is 0 Å². The monoisotopic (exact) mass is 334 g/mol. The van der Waals surface area contributed by atoms with Crippen LogP contribution in [0.25, 0.3) is 0 Å². The Kier molecular flexibility index (Phi) is 4.50. The second kappa shape index (κ2) is 5.93. The number of anilines is 1. The molecular formula is C12H13BrF2N2S. The van der Waals surface area contributed by atoms with E-state index in [0.717, 1.165) is 18.9 Å². The van der Waals surface area contributed by atoms with Gasteiger partial charge in [0.2, 0.25) is 0 Å². The van der Waals surface area contributed by atoms with Crippen LogP contribution >= 0.6 is 28.1 Å². The molecule has 0 spiro atoms. The SMILES string of the molecule is Fc1cc(F)c(NC(=S)NC2CCCC2)c(Br)c1. The Balaban J connectivity index is 2.02.